The van der Waals surface area contributed by atoms with Crippen LogP contribution in [0.25, 0.3) is 71.1 Å². The first-order chi connectivity index (χ1) is 18.3. The molecule has 2 heterocycles. The molecular weight excluding hydrogens is 452 g/mol. The molecule has 0 aliphatic heterocycles. The number of benzene rings is 5. The van der Waals surface area contributed by atoms with Gasteiger partial charge in [0.1, 0.15) is 11.2 Å². The van der Waals surface area contributed by atoms with Crippen molar-refractivity contribution in [2.24, 2.45) is 0 Å². The minimum atomic E-state index is 0.584. The van der Waals surface area contributed by atoms with Crippen LogP contribution < -0.4 is 0 Å². The van der Waals surface area contributed by atoms with Gasteiger partial charge in [0.15, 0.2) is 5.69 Å². The Kier molecular flexibility index (Phi) is 4.84. The summed E-state index contributed by atoms with van der Waals surface area (Å²) in [6.07, 6.45) is 1.68. The summed E-state index contributed by atoms with van der Waals surface area (Å²) in [6.45, 7) is 7.30. The fraction of sp³-hybridized carbons (Fsp3) is 0. The molecule has 0 aliphatic carbocycles. The van der Waals surface area contributed by atoms with Crippen LogP contribution in [0.2, 0.25) is 0 Å². The predicted molar refractivity (Wildman–Crippen MR) is 152 cm³/mol. The molecule has 0 spiro atoms. The molecule has 0 saturated heterocycles. The van der Waals surface area contributed by atoms with Gasteiger partial charge in [0.05, 0.1) is 12.3 Å². The maximum Gasteiger partial charge on any atom is 0.190 e. The molecule has 7 aromatic rings. The Morgan fingerprint density at radius 1 is 0.568 bits per heavy atom. The van der Waals surface area contributed by atoms with Gasteiger partial charge >= 0.3 is 0 Å². The number of hydrogen-bond donors (Lipinski definition) is 0. The summed E-state index contributed by atoms with van der Waals surface area (Å²) in [5.41, 5.74) is 8.60. The summed E-state index contributed by atoms with van der Waals surface area (Å²) in [4.78, 5) is 8.01. The monoisotopic (exact) mass is 472 g/mol. The van der Waals surface area contributed by atoms with Crippen molar-refractivity contribution in [2.75, 3.05) is 0 Å². The normalized spacial score (nSPS) is 11.2. The molecule has 0 fully saturated rings. The van der Waals surface area contributed by atoms with Gasteiger partial charge in [-0.15, -0.1) is 0 Å². The summed E-state index contributed by atoms with van der Waals surface area (Å²) in [6, 6.07) is 39.4. The minimum Gasteiger partial charge on any atom is -0.456 e. The van der Waals surface area contributed by atoms with Gasteiger partial charge in [0.2, 0.25) is 0 Å². The average molecular weight is 473 g/mol. The maximum atomic E-state index is 7.30. The maximum absolute atomic E-state index is 7.30. The molecule has 37 heavy (non-hydrogen) atoms. The highest BCUT2D eigenvalue weighted by molar-refractivity contribution is 6.22. The lowest BCUT2D eigenvalue weighted by atomic mass is 9.94. The van der Waals surface area contributed by atoms with E-state index in [-0.39, 0.29) is 0 Å². The van der Waals surface area contributed by atoms with E-state index in [1.807, 2.05) is 24.3 Å². The zero-order valence-corrected chi connectivity index (χ0v) is 19.8. The van der Waals surface area contributed by atoms with E-state index < -0.39 is 0 Å². The smallest absolute Gasteiger partial charge is 0.190 e. The topological polar surface area (TPSA) is 30.4 Å². The fourth-order valence-electron chi connectivity index (χ4n) is 5.18. The molecule has 0 atom stereocenters. The number of nitrogens with zero attached hydrogens (tertiary/aromatic N) is 2. The number of pyridine rings is 1. The van der Waals surface area contributed by atoms with Crippen LogP contribution in [0.4, 0.5) is 5.69 Å². The largest absolute Gasteiger partial charge is 0.456 e. The van der Waals surface area contributed by atoms with Crippen LogP contribution in [0.15, 0.2) is 126 Å². The summed E-state index contributed by atoms with van der Waals surface area (Å²) in [5.74, 6) is 0. The van der Waals surface area contributed by atoms with Gasteiger partial charge in [-0.05, 0) is 75.0 Å². The second-order valence-electron chi connectivity index (χ2n) is 9.11. The highest BCUT2D eigenvalue weighted by Crippen LogP contribution is 2.41. The molecule has 5 aromatic carbocycles. The van der Waals surface area contributed by atoms with E-state index in [2.05, 4.69) is 94.8 Å². The number of hydrogen-bond acceptors (Lipinski definition) is 2. The Balaban J connectivity index is 1.40. The first-order valence-corrected chi connectivity index (χ1v) is 12.2. The summed E-state index contributed by atoms with van der Waals surface area (Å²) < 4.78 is 6.48. The van der Waals surface area contributed by atoms with E-state index in [1.165, 1.54) is 21.9 Å². The van der Waals surface area contributed by atoms with Crippen LogP contribution >= 0.6 is 0 Å². The van der Waals surface area contributed by atoms with E-state index in [0.29, 0.717) is 5.69 Å². The van der Waals surface area contributed by atoms with Gasteiger partial charge < -0.3 is 4.42 Å². The fourth-order valence-corrected chi connectivity index (χ4v) is 5.18. The third-order valence-electron chi connectivity index (χ3n) is 6.93. The molecule has 3 nitrogen and oxygen atoms in total. The molecule has 2 aromatic heterocycles. The van der Waals surface area contributed by atoms with Gasteiger partial charge in [-0.25, -0.2) is 4.85 Å². The molecule has 3 heteroatoms. The Morgan fingerprint density at radius 2 is 1.32 bits per heavy atom. The summed E-state index contributed by atoms with van der Waals surface area (Å²) in [5, 5.41) is 4.66. The molecule has 0 bridgehead atoms. The van der Waals surface area contributed by atoms with Crippen molar-refractivity contribution >= 4 is 38.4 Å². The summed E-state index contributed by atoms with van der Waals surface area (Å²) >= 11 is 0. The van der Waals surface area contributed by atoms with Crippen molar-refractivity contribution in [3.63, 3.8) is 0 Å². The van der Waals surface area contributed by atoms with Crippen molar-refractivity contribution < 1.29 is 4.42 Å². The predicted octanol–water partition coefficient (Wildman–Crippen LogP) is 9.69. The quantitative estimate of drug-likeness (QED) is 0.240. The third-order valence-corrected chi connectivity index (χ3v) is 6.93. The van der Waals surface area contributed by atoms with Gasteiger partial charge in [0, 0.05) is 17.0 Å². The van der Waals surface area contributed by atoms with Crippen molar-refractivity contribution in [1.29, 1.82) is 0 Å². The highest BCUT2D eigenvalue weighted by Gasteiger charge is 2.15. The molecule has 0 amide bonds. The lowest BCUT2D eigenvalue weighted by Gasteiger charge is -2.08. The molecule has 7 rings (SSSR count). The van der Waals surface area contributed by atoms with Gasteiger partial charge in [0.25, 0.3) is 0 Å². The Hall–Kier alpha value is -5.20. The van der Waals surface area contributed by atoms with E-state index in [9.17, 15) is 0 Å². The van der Waals surface area contributed by atoms with Crippen molar-refractivity contribution in [2.45, 2.75) is 0 Å². The van der Waals surface area contributed by atoms with Crippen molar-refractivity contribution in [3.05, 3.63) is 133 Å². The van der Waals surface area contributed by atoms with Crippen LogP contribution in [0.1, 0.15) is 0 Å². The lowest BCUT2D eigenvalue weighted by molar-refractivity contribution is 0.669. The standard InChI is InChI=1S/C34H20N2O/c1-35-26-16-17-36-31(20-26)25-11-7-10-23(18-25)24-14-15-29-32(19-24)37-33-21-30(22-8-3-2-4-9-22)27-12-5-6-13-28(27)34(29)33/h2-21H. The van der Waals surface area contributed by atoms with Crippen molar-refractivity contribution in [1.82, 2.24) is 4.98 Å². The van der Waals surface area contributed by atoms with E-state index in [4.69, 9.17) is 11.0 Å². The SMILES string of the molecule is [C-]#[N+]c1ccnc(-c2cccc(-c3ccc4c(c3)oc3cc(-c5ccccc5)c5ccccc5c34)c2)c1. The number of rotatable bonds is 3. The zero-order valence-electron chi connectivity index (χ0n) is 19.8. The first-order valence-electron chi connectivity index (χ1n) is 12.2. The molecule has 0 N–H and O–H groups in total. The van der Waals surface area contributed by atoms with E-state index in [0.717, 1.165) is 44.3 Å². The highest BCUT2D eigenvalue weighted by atomic mass is 16.3. The Labute approximate surface area is 214 Å². The lowest BCUT2D eigenvalue weighted by Crippen LogP contribution is -1.84. The first kappa shape index (κ1) is 21.1. The molecule has 0 aliphatic rings. The Morgan fingerprint density at radius 3 is 2.19 bits per heavy atom. The van der Waals surface area contributed by atoms with Crippen LogP contribution in [-0.4, -0.2) is 4.98 Å². The Bertz CT molecular complexity index is 1990. The number of furan rings is 1. The average Bonchev–Trinajstić information content (AvgIpc) is 3.35. The second-order valence-corrected chi connectivity index (χ2v) is 9.11. The van der Waals surface area contributed by atoms with Gasteiger partial charge in [-0.3, -0.25) is 4.98 Å². The third kappa shape index (κ3) is 3.55. The molecular formula is C34H20N2O. The van der Waals surface area contributed by atoms with Gasteiger partial charge in [-0.2, -0.15) is 0 Å². The van der Waals surface area contributed by atoms with E-state index in [1.54, 1.807) is 12.3 Å². The van der Waals surface area contributed by atoms with E-state index >= 15 is 0 Å². The van der Waals surface area contributed by atoms with Crippen molar-refractivity contribution in [3.8, 4) is 33.5 Å². The molecule has 0 saturated carbocycles. The summed E-state index contributed by atoms with van der Waals surface area (Å²) in [7, 11) is 0. The van der Waals surface area contributed by atoms with Gasteiger partial charge in [-0.1, -0.05) is 78.9 Å². The zero-order chi connectivity index (χ0) is 24.8. The minimum absolute atomic E-state index is 0.584. The van der Waals surface area contributed by atoms with Crippen LogP contribution in [0.5, 0.6) is 0 Å². The second kappa shape index (κ2) is 8.48. The molecule has 0 unspecified atom stereocenters. The number of fused-ring (bicyclic) bond motifs is 5. The molecule has 0 radical (unpaired) electrons. The van der Waals surface area contributed by atoms with Crippen LogP contribution in [0.3, 0.4) is 0 Å². The van der Waals surface area contributed by atoms with Crippen LogP contribution in [-0.2, 0) is 0 Å². The number of aromatic nitrogens is 1. The molecule has 172 valence electrons. The van der Waals surface area contributed by atoms with Crippen LogP contribution in [0, 0.1) is 6.57 Å².